The van der Waals surface area contributed by atoms with Crippen molar-refractivity contribution in [1.82, 2.24) is 20.4 Å². The zero-order valence-corrected chi connectivity index (χ0v) is 15.1. The van der Waals surface area contributed by atoms with Gasteiger partial charge in [-0.05, 0) is 19.4 Å². The second-order valence-electron chi connectivity index (χ2n) is 6.15. The van der Waals surface area contributed by atoms with Gasteiger partial charge < -0.3 is 16.0 Å². The second kappa shape index (κ2) is 8.80. The summed E-state index contributed by atoms with van der Waals surface area (Å²) in [7, 11) is 1.63. The molecule has 0 saturated heterocycles. The highest BCUT2D eigenvalue weighted by Gasteiger charge is 2.15. The summed E-state index contributed by atoms with van der Waals surface area (Å²) in [6, 6.07) is 10.8. The Morgan fingerprint density at radius 2 is 1.81 bits per heavy atom. The minimum atomic E-state index is -0.483. The molecule has 3 N–H and O–H groups in total. The first-order chi connectivity index (χ1) is 12.3. The minimum absolute atomic E-state index is 0.000631. The Balaban J connectivity index is 1.92. The van der Waals surface area contributed by atoms with Gasteiger partial charge in [-0.25, -0.2) is 0 Å². The molecule has 2 rings (SSSR count). The minimum Gasteiger partial charge on any atom is -0.352 e. The van der Waals surface area contributed by atoms with E-state index in [0.717, 1.165) is 5.56 Å². The van der Waals surface area contributed by atoms with Gasteiger partial charge in [0.2, 0.25) is 11.8 Å². The molecule has 1 aromatic carbocycles. The van der Waals surface area contributed by atoms with Crippen molar-refractivity contribution >= 4 is 23.5 Å². The fourth-order valence-corrected chi connectivity index (χ4v) is 2.29. The molecule has 0 aliphatic rings. The summed E-state index contributed by atoms with van der Waals surface area (Å²) in [5.74, 6) is -0.561. The highest BCUT2D eigenvalue weighted by molar-refractivity contribution is 5.97. The van der Waals surface area contributed by atoms with Gasteiger partial charge in [0.05, 0.1) is 13.0 Å². The van der Waals surface area contributed by atoms with E-state index in [-0.39, 0.29) is 36.5 Å². The smallest absolute Gasteiger partial charge is 0.272 e. The van der Waals surface area contributed by atoms with E-state index in [1.807, 2.05) is 44.2 Å². The number of anilines is 1. The van der Waals surface area contributed by atoms with Gasteiger partial charge in [-0.2, -0.15) is 5.10 Å². The van der Waals surface area contributed by atoms with Crippen LogP contribution in [-0.2, 0) is 23.1 Å². The highest BCUT2D eigenvalue weighted by Crippen LogP contribution is 2.10. The number of aromatic nitrogens is 2. The van der Waals surface area contributed by atoms with Gasteiger partial charge in [-0.3, -0.25) is 19.1 Å². The van der Waals surface area contributed by atoms with E-state index < -0.39 is 5.91 Å². The van der Waals surface area contributed by atoms with Gasteiger partial charge in [0.25, 0.3) is 5.91 Å². The molecule has 0 spiro atoms. The molecule has 1 aromatic heterocycles. The van der Waals surface area contributed by atoms with E-state index >= 15 is 0 Å². The van der Waals surface area contributed by atoms with Gasteiger partial charge in [0, 0.05) is 19.2 Å². The number of rotatable bonds is 7. The van der Waals surface area contributed by atoms with Crippen molar-refractivity contribution in [2.75, 3.05) is 11.9 Å². The summed E-state index contributed by atoms with van der Waals surface area (Å²) in [4.78, 5) is 35.8. The molecular weight excluding hydrogens is 334 g/mol. The average Bonchev–Trinajstić information content (AvgIpc) is 2.93. The zero-order valence-electron chi connectivity index (χ0n) is 15.1. The summed E-state index contributed by atoms with van der Waals surface area (Å²) in [6.45, 7) is 3.54. The lowest BCUT2D eigenvalue weighted by Gasteiger charge is -2.08. The van der Waals surface area contributed by atoms with Gasteiger partial charge in [0.15, 0.2) is 5.69 Å². The average molecular weight is 357 g/mol. The lowest BCUT2D eigenvalue weighted by Crippen LogP contribution is -2.39. The van der Waals surface area contributed by atoms with Crippen molar-refractivity contribution in [3.63, 3.8) is 0 Å². The third-order valence-corrected chi connectivity index (χ3v) is 3.45. The number of carbonyl (C=O) groups is 3. The fraction of sp³-hybridized carbons (Fsp3) is 0.333. The predicted octanol–water partition coefficient (Wildman–Crippen LogP) is 0.856. The molecule has 0 radical (unpaired) electrons. The van der Waals surface area contributed by atoms with Gasteiger partial charge in [0.1, 0.15) is 5.82 Å². The Morgan fingerprint density at radius 1 is 1.12 bits per heavy atom. The molecule has 1 heterocycles. The van der Waals surface area contributed by atoms with Crippen molar-refractivity contribution in [3.05, 3.63) is 47.7 Å². The molecule has 0 bridgehead atoms. The van der Waals surface area contributed by atoms with E-state index in [4.69, 9.17) is 0 Å². The van der Waals surface area contributed by atoms with Crippen LogP contribution in [-0.4, -0.2) is 40.1 Å². The molecule has 0 fully saturated rings. The first kappa shape index (κ1) is 19.2. The Kier molecular flexibility index (Phi) is 6.48. The molecule has 8 heteroatoms. The van der Waals surface area contributed by atoms with Crippen LogP contribution in [0.4, 0.5) is 5.82 Å². The summed E-state index contributed by atoms with van der Waals surface area (Å²) in [5, 5.41) is 12.0. The van der Waals surface area contributed by atoms with Crippen molar-refractivity contribution in [2.45, 2.75) is 26.3 Å². The molecule has 0 saturated carbocycles. The maximum Gasteiger partial charge on any atom is 0.272 e. The predicted molar refractivity (Wildman–Crippen MR) is 97.6 cm³/mol. The molecule has 8 nitrogen and oxygen atoms in total. The topological polar surface area (TPSA) is 105 Å². The van der Waals surface area contributed by atoms with E-state index in [2.05, 4.69) is 21.0 Å². The van der Waals surface area contributed by atoms with Crippen LogP contribution >= 0.6 is 0 Å². The van der Waals surface area contributed by atoms with E-state index in [1.54, 1.807) is 7.05 Å². The number of carbonyl (C=O) groups excluding carboxylic acids is 3. The van der Waals surface area contributed by atoms with Crippen LogP contribution in [0.15, 0.2) is 36.4 Å². The Labute approximate surface area is 152 Å². The van der Waals surface area contributed by atoms with E-state index in [1.165, 1.54) is 10.7 Å². The van der Waals surface area contributed by atoms with Crippen molar-refractivity contribution in [3.8, 4) is 0 Å². The van der Waals surface area contributed by atoms with Gasteiger partial charge in [-0.15, -0.1) is 0 Å². The molecular formula is C18H23N5O3. The van der Waals surface area contributed by atoms with Crippen LogP contribution in [0.3, 0.4) is 0 Å². The molecule has 0 atom stereocenters. The quantitative estimate of drug-likeness (QED) is 0.683. The highest BCUT2D eigenvalue weighted by atomic mass is 16.2. The lowest BCUT2D eigenvalue weighted by molar-refractivity contribution is -0.120. The summed E-state index contributed by atoms with van der Waals surface area (Å²) in [6.07, 6.45) is 0.225. The van der Waals surface area contributed by atoms with Gasteiger partial charge in [-0.1, -0.05) is 30.3 Å². The normalized spacial score (nSPS) is 10.5. The molecule has 3 amide bonds. The standard InChI is InChI=1S/C18H23N5O3/c1-12(2)20-17(25)11-19-18(26)14-10-15(23(3)22-14)21-16(24)9-13-7-5-4-6-8-13/h4-8,10,12H,9,11H2,1-3H3,(H,19,26)(H,20,25)(H,21,24). The first-order valence-corrected chi connectivity index (χ1v) is 8.30. The Hall–Kier alpha value is -3.16. The maximum atomic E-state index is 12.1. The molecule has 138 valence electrons. The van der Waals surface area contributed by atoms with Crippen molar-refractivity contribution in [2.24, 2.45) is 7.05 Å². The van der Waals surface area contributed by atoms with Crippen LogP contribution in [0, 0.1) is 0 Å². The molecule has 0 aliphatic heterocycles. The summed E-state index contributed by atoms with van der Waals surface area (Å²) in [5.41, 5.74) is 1.01. The number of amides is 3. The number of aryl methyl sites for hydroxylation is 1. The summed E-state index contributed by atoms with van der Waals surface area (Å²) < 4.78 is 1.41. The molecule has 2 aromatic rings. The number of hydrogen-bond donors (Lipinski definition) is 3. The van der Waals surface area contributed by atoms with Crippen LogP contribution in [0.1, 0.15) is 29.9 Å². The van der Waals surface area contributed by atoms with E-state index in [9.17, 15) is 14.4 Å². The lowest BCUT2D eigenvalue weighted by atomic mass is 10.1. The van der Waals surface area contributed by atoms with Crippen LogP contribution in [0.25, 0.3) is 0 Å². The number of hydrogen-bond acceptors (Lipinski definition) is 4. The largest absolute Gasteiger partial charge is 0.352 e. The first-order valence-electron chi connectivity index (χ1n) is 8.30. The number of nitrogens with zero attached hydrogens (tertiary/aromatic N) is 2. The van der Waals surface area contributed by atoms with Crippen LogP contribution in [0.2, 0.25) is 0 Å². The SMILES string of the molecule is CC(C)NC(=O)CNC(=O)c1cc(NC(=O)Cc2ccccc2)n(C)n1. The number of benzene rings is 1. The van der Waals surface area contributed by atoms with Crippen molar-refractivity contribution < 1.29 is 14.4 Å². The Morgan fingerprint density at radius 3 is 2.46 bits per heavy atom. The third-order valence-electron chi connectivity index (χ3n) is 3.45. The number of nitrogens with one attached hydrogen (secondary N) is 3. The summed E-state index contributed by atoms with van der Waals surface area (Å²) >= 11 is 0. The molecule has 0 aliphatic carbocycles. The van der Waals surface area contributed by atoms with E-state index in [0.29, 0.717) is 5.82 Å². The van der Waals surface area contributed by atoms with Crippen molar-refractivity contribution in [1.29, 1.82) is 0 Å². The zero-order chi connectivity index (χ0) is 19.1. The molecule has 26 heavy (non-hydrogen) atoms. The van der Waals surface area contributed by atoms with Crippen LogP contribution < -0.4 is 16.0 Å². The van der Waals surface area contributed by atoms with Crippen LogP contribution in [0.5, 0.6) is 0 Å². The molecule has 0 unspecified atom stereocenters. The monoisotopic (exact) mass is 357 g/mol. The third kappa shape index (κ3) is 5.73. The van der Waals surface area contributed by atoms with Gasteiger partial charge >= 0.3 is 0 Å². The Bertz CT molecular complexity index is 783. The maximum absolute atomic E-state index is 12.1. The fourth-order valence-electron chi connectivity index (χ4n) is 2.29. The second-order valence-corrected chi connectivity index (χ2v) is 6.15.